The van der Waals surface area contributed by atoms with E-state index in [1.807, 2.05) is 0 Å². The topological polar surface area (TPSA) is 26.3 Å². The van der Waals surface area contributed by atoms with E-state index in [0.29, 0.717) is 0 Å². The van der Waals surface area contributed by atoms with Crippen LogP contribution in [-0.4, -0.2) is 18.3 Å². The minimum Gasteiger partial charge on any atom is -0.461 e. The van der Waals surface area contributed by atoms with Crippen LogP contribution in [0.1, 0.15) is 0 Å². The Kier molecular flexibility index (Phi) is 4.90. The van der Waals surface area contributed by atoms with Gasteiger partial charge in [0.2, 0.25) is 0 Å². The molecule has 0 aliphatic heterocycles. The van der Waals surface area contributed by atoms with Crippen LogP contribution in [0.4, 0.5) is 4.39 Å². The van der Waals surface area contributed by atoms with Crippen molar-refractivity contribution in [2.75, 3.05) is 12.4 Å². The first-order valence-electron chi connectivity index (χ1n) is 4.37. The number of hydrogen-bond donors (Lipinski definition) is 0. The molecule has 1 aromatic carbocycles. The van der Waals surface area contributed by atoms with Crippen LogP contribution in [0.5, 0.6) is 0 Å². The molecule has 1 rings (SSSR count). The molecule has 0 heterocycles. The fourth-order valence-corrected chi connectivity index (χ4v) is 1.56. The van der Waals surface area contributed by atoms with Gasteiger partial charge in [-0.15, -0.1) is 11.8 Å². The Balaban J connectivity index is 2.33. The van der Waals surface area contributed by atoms with Gasteiger partial charge in [0.1, 0.15) is 12.4 Å². The van der Waals surface area contributed by atoms with E-state index in [9.17, 15) is 9.18 Å². The molecule has 0 saturated heterocycles. The van der Waals surface area contributed by atoms with E-state index in [0.717, 1.165) is 4.90 Å². The largest absolute Gasteiger partial charge is 0.461 e. The summed E-state index contributed by atoms with van der Waals surface area (Å²) in [6.45, 7) is 3.66. The van der Waals surface area contributed by atoms with Gasteiger partial charge < -0.3 is 4.74 Å². The number of halogens is 1. The lowest BCUT2D eigenvalue weighted by atomic mass is 10.4. The van der Waals surface area contributed by atoms with E-state index in [-0.39, 0.29) is 24.1 Å². The molecule has 15 heavy (non-hydrogen) atoms. The molecule has 1 aromatic rings. The van der Waals surface area contributed by atoms with E-state index in [2.05, 4.69) is 6.58 Å². The second-order valence-corrected chi connectivity index (χ2v) is 3.76. The number of rotatable bonds is 5. The van der Waals surface area contributed by atoms with Gasteiger partial charge >= 0.3 is 5.97 Å². The van der Waals surface area contributed by atoms with Crippen molar-refractivity contribution in [3.63, 3.8) is 0 Å². The molecule has 0 atom stereocenters. The van der Waals surface area contributed by atoms with Crippen LogP contribution in [-0.2, 0) is 9.53 Å². The normalized spacial score (nSPS) is 9.67. The van der Waals surface area contributed by atoms with Crippen LogP contribution in [0.3, 0.4) is 0 Å². The molecule has 0 aromatic heterocycles. The van der Waals surface area contributed by atoms with Crippen LogP contribution in [0.15, 0.2) is 41.8 Å². The molecular weight excluding hydrogens is 215 g/mol. The Morgan fingerprint density at radius 2 is 2.13 bits per heavy atom. The van der Waals surface area contributed by atoms with Gasteiger partial charge in [-0.1, -0.05) is 12.7 Å². The van der Waals surface area contributed by atoms with Crippen LogP contribution >= 0.6 is 11.8 Å². The van der Waals surface area contributed by atoms with Gasteiger partial charge in [-0.25, -0.2) is 4.39 Å². The molecule has 0 fully saturated rings. The number of carbonyl (C=O) groups excluding carboxylic acids is 1. The SMILES string of the molecule is C=CCOC(=O)CSc1ccc(F)cc1. The van der Waals surface area contributed by atoms with Gasteiger partial charge in [0.05, 0.1) is 5.75 Å². The minimum atomic E-state index is -0.302. The summed E-state index contributed by atoms with van der Waals surface area (Å²) in [6.07, 6.45) is 1.51. The maximum absolute atomic E-state index is 12.5. The molecule has 0 unspecified atom stereocenters. The average molecular weight is 226 g/mol. The highest BCUT2D eigenvalue weighted by Gasteiger charge is 2.02. The van der Waals surface area contributed by atoms with Gasteiger partial charge in [-0.05, 0) is 24.3 Å². The zero-order chi connectivity index (χ0) is 11.1. The Hall–Kier alpha value is -1.29. The zero-order valence-electron chi connectivity index (χ0n) is 8.11. The van der Waals surface area contributed by atoms with Crippen molar-refractivity contribution in [3.8, 4) is 0 Å². The fourth-order valence-electron chi connectivity index (χ4n) is 0.867. The van der Waals surface area contributed by atoms with E-state index >= 15 is 0 Å². The van der Waals surface area contributed by atoms with E-state index in [1.165, 1.54) is 30.0 Å². The summed E-state index contributed by atoms with van der Waals surface area (Å²) in [4.78, 5) is 11.9. The number of hydrogen-bond acceptors (Lipinski definition) is 3. The molecule has 0 radical (unpaired) electrons. The molecule has 0 spiro atoms. The summed E-state index contributed by atoms with van der Waals surface area (Å²) < 4.78 is 17.3. The molecule has 0 aliphatic rings. The van der Waals surface area contributed by atoms with Gasteiger partial charge in [0.15, 0.2) is 0 Å². The third-order valence-electron chi connectivity index (χ3n) is 1.53. The number of benzene rings is 1. The maximum Gasteiger partial charge on any atom is 0.316 e. The molecule has 0 saturated carbocycles. The van der Waals surface area contributed by atoms with E-state index < -0.39 is 0 Å². The summed E-state index contributed by atoms with van der Waals surface area (Å²) >= 11 is 1.31. The predicted molar refractivity (Wildman–Crippen MR) is 58.3 cm³/mol. The number of thioether (sulfide) groups is 1. The van der Waals surface area contributed by atoms with Crippen molar-refractivity contribution >= 4 is 17.7 Å². The van der Waals surface area contributed by atoms with Gasteiger partial charge in [-0.3, -0.25) is 4.79 Å². The second-order valence-electron chi connectivity index (χ2n) is 2.71. The highest BCUT2D eigenvalue weighted by atomic mass is 32.2. The molecule has 4 heteroatoms. The first-order chi connectivity index (χ1) is 7.22. The van der Waals surface area contributed by atoms with Crippen molar-refractivity contribution in [2.24, 2.45) is 0 Å². The minimum absolute atomic E-state index is 0.222. The van der Waals surface area contributed by atoms with Crippen LogP contribution < -0.4 is 0 Å². The van der Waals surface area contributed by atoms with Crippen molar-refractivity contribution in [1.29, 1.82) is 0 Å². The van der Waals surface area contributed by atoms with Crippen molar-refractivity contribution in [1.82, 2.24) is 0 Å². The monoisotopic (exact) mass is 226 g/mol. The molecule has 0 amide bonds. The van der Waals surface area contributed by atoms with E-state index in [1.54, 1.807) is 12.1 Å². The number of carbonyl (C=O) groups is 1. The summed E-state index contributed by atoms with van der Waals surface area (Å²) in [7, 11) is 0. The van der Waals surface area contributed by atoms with Gasteiger partial charge in [-0.2, -0.15) is 0 Å². The van der Waals surface area contributed by atoms with Gasteiger partial charge in [0, 0.05) is 4.90 Å². The summed E-state index contributed by atoms with van der Waals surface area (Å²) in [5.41, 5.74) is 0. The number of ether oxygens (including phenoxy) is 1. The molecule has 2 nitrogen and oxygen atoms in total. The standard InChI is InChI=1S/C11H11FO2S/c1-2-7-14-11(13)8-15-10-5-3-9(12)4-6-10/h2-6H,1,7-8H2. The summed E-state index contributed by atoms with van der Waals surface area (Å²) in [5.74, 6) is -0.364. The van der Waals surface area contributed by atoms with Crippen molar-refractivity contribution in [3.05, 3.63) is 42.7 Å². The van der Waals surface area contributed by atoms with Crippen molar-refractivity contribution in [2.45, 2.75) is 4.90 Å². The Morgan fingerprint density at radius 3 is 2.73 bits per heavy atom. The molecule has 0 bridgehead atoms. The number of esters is 1. The Labute approximate surface area is 92.1 Å². The highest BCUT2D eigenvalue weighted by Crippen LogP contribution is 2.17. The summed E-state index contributed by atoms with van der Waals surface area (Å²) in [5, 5.41) is 0. The lowest BCUT2D eigenvalue weighted by Gasteiger charge is -2.01. The smallest absolute Gasteiger partial charge is 0.316 e. The first-order valence-corrected chi connectivity index (χ1v) is 5.36. The first kappa shape index (κ1) is 11.8. The summed E-state index contributed by atoms with van der Waals surface area (Å²) in [6, 6.07) is 5.97. The molecule has 80 valence electrons. The third-order valence-corrected chi connectivity index (χ3v) is 2.52. The average Bonchev–Trinajstić information content (AvgIpc) is 2.25. The fraction of sp³-hybridized carbons (Fsp3) is 0.182. The van der Waals surface area contributed by atoms with Gasteiger partial charge in [0.25, 0.3) is 0 Å². The second kappa shape index (κ2) is 6.24. The van der Waals surface area contributed by atoms with Crippen LogP contribution in [0.25, 0.3) is 0 Å². The van der Waals surface area contributed by atoms with Crippen molar-refractivity contribution < 1.29 is 13.9 Å². The van der Waals surface area contributed by atoms with Crippen LogP contribution in [0.2, 0.25) is 0 Å². The lowest BCUT2D eigenvalue weighted by molar-refractivity contribution is -0.139. The van der Waals surface area contributed by atoms with E-state index in [4.69, 9.17) is 4.74 Å². The van der Waals surface area contributed by atoms with Crippen LogP contribution in [0, 0.1) is 5.82 Å². The highest BCUT2D eigenvalue weighted by molar-refractivity contribution is 8.00. The Morgan fingerprint density at radius 1 is 1.47 bits per heavy atom. The molecule has 0 aliphatic carbocycles. The molecular formula is C11H11FO2S. The maximum atomic E-state index is 12.5. The predicted octanol–water partition coefficient (Wildman–Crippen LogP) is 2.65. The Bertz CT molecular complexity index is 335. The lowest BCUT2D eigenvalue weighted by Crippen LogP contribution is -2.06. The quantitative estimate of drug-likeness (QED) is 0.438. The molecule has 0 N–H and O–H groups in total. The zero-order valence-corrected chi connectivity index (χ0v) is 8.93. The third kappa shape index (κ3) is 4.65.